The predicted octanol–water partition coefficient (Wildman–Crippen LogP) is 1.38. The van der Waals surface area contributed by atoms with Gasteiger partial charge >= 0.3 is 5.97 Å². The van der Waals surface area contributed by atoms with Gasteiger partial charge in [-0.05, 0) is 6.42 Å². The molecule has 0 amide bonds. The quantitative estimate of drug-likeness (QED) is 0.370. The Bertz CT molecular complexity index is 120. The van der Waals surface area contributed by atoms with Gasteiger partial charge in [-0.25, -0.2) is 4.79 Å². The van der Waals surface area contributed by atoms with Crippen LogP contribution in [0.4, 0.5) is 0 Å². The Morgan fingerprint density at radius 3 is 2.67 bits per heavy atom. The molecule has 2 nitrogen and oxygen atoms in total. The zero-order valence-electron chi connectivity index (χ0n) is 5.39. The van der Waals surface area contributed by atoms with Crippen LogP contribution in [-0.2, 0) is 9.53 Å². The number of carbonyl (C=O) groups excluding carboxylic acids is 1. The Hall–Kier alpha value is -0.440. The number of rotatable bonds is 3. The summed E-state index contributed by atoms with van der Waals surface area (Å²) < 4.78 is 4.64. The second-order valence-corrected chi connectivity index (χ2v) is 2.12. The number of thiol groups is 1. The summed E-state index contributed by atoms with van der Waals surface area (Å²) in [5, 5.41) is 0. The molecule has 0 radical (unpaired) electrons. The van der Waals surface area contributed by atoms with Crippen molar-refractivity contribution in [2.75, 3.05) is 6.61 Å². The third kappa shape index (κ3) is 4.09. The molecule has 0 aliphatic carbocycles. The number of hydrogen-bond acceptors (Lipinski definition) is 3. The van der Waals surface area contributed by atoms with E-state index in [2.05, 4.69) is 23.9 Å². The average Bonchev–Trinajstić information content (AvgIpc) is 1.82. The first-order chi connectivity index (χ1) is 4.18. The Labute approximate surface area is 60.3 Å². The summed E-state index contributed by atoms with van der Waals surface area (Å²) in [6.45, 7) is 5.67. The molecule has 0 aromatic heterocycles. The Balaban J connectivity index is 3.39. The molecule has 0 bridgehead atoms. The molecular formula is C6H10O2S. The molecule has 0 rings (SSSR count). The van der Waals surface area contributed by atoms with E-state index in [1.165, 1.54) is 0 Å². The first-order valence-corrected chi connectivity index (χ1v) is 3.18. The number of esters is 1. The lowest BCUT2D eigenvalue weighted by atomic mass is 10.5. The van der Waals surface area contributed by atoms with Crippen LogP contribution >= 0.6 is 12.6 Å². The molecule has 0 saturated carbocycles. The van der Waals surface area contributed by atoms with Crippen LogP contribution in [0.1, 0.15) is 13.3 Å². The fraction of sp³-hybridized carbons (Fsp3) is 0.500. The van der Waals surface area contributed by atoms with Crippen molar-refractivity contribution >= 4 is 18.6 Å². The Morgan fingerprint density at radius 1 is 1.78 bits per heavy atom. The van der Waals surface area contributed by atoms with E-state index in [4.69, 9.17) is 0 Å². The maximum Gasteiger partial charge on any atom is 0.343 e. The molecule has 0 aromatic rings. The highest BCUT2D eigenvalue weighted by molar-refractivity contribution is 7.85. The normalized spacial score (nSPS) is 8.67. The number of hydrogen-bond donors (Lipinski definition) is 1. The van der Waals surface area contributed by atoms with E-state index in [1.807, 2.05) is 6.92 Å². The van der Waals surface area contributed by atoms with E-state index in [0.29, 0.717) is 6.61 Å². The summed E-state index contributed by atoms with van der Waals surface area (Å²) in [5.74, 6) is -0.430. The molecule has 0 unspecified atom stereocenters. The van der Waals surface area contributed by atoms with Crippen LogP contribution < -0.4 is 0 Å². The monoisotopic (exact) mass is 146 g/mol. The van der Waals surface area contributed by atoms with Crippen molar-refractivity contribution in [3.63, 3.8) is 0 Å². The molecule has 3 heteroatoms. The molecule has 9 heavy (non-hydrogen) atoms. The molecule has 0 aliphatic rings. The fourth-order valence-electron chi connectivity index (χ4n) is 0.278. The van der Waals surface area contributed by atoms with Crippen LogP contribution in [0, 0.1) is 0 Å². The van der Waals surface area contributed by atoms with Crippen LogP contribution in [0.5, 0.6) is 0 Å². The van der Waals surface area contributed by atoms with Gasteiger partial charge in [-0.15, -0.1) is 12.6 Å². The molecule has 0 fully saturated rings. The topological polar surface area (TPSA) is 26.3 Å². The molecule has 0 atom stereocenters. The standard InChI is InChI=1S/C6H10O2S/c1-3-4-8-6(7)5(2)9/h9H,2-4H2,1H3. The van der Waals surface area contributed by atoms with Gasteiger partial charge in [0.1, 0.15) is 0 Å². The van der Waals surface area contributed by atoms with Crippen molar-refractivity contribution in [3.8, 4) is 0 Å². The van der Waals surface area contributed by atoms with Gasteiger partial charge in [0, 0.05) is 0 Å². The van der Waals surface area contributed by atoms with E-state index in [0.717, 1.165) is 6.42 Å². The maximum absolute atomic E-state index is 10.5. The van der Waals surface area contributed by atoms with Crippen LogP contribution in [0.15, 0.2) is 11.5 Å². The third-order valence-corrected chi connectivity index (χ3v) is 0.855. The highest BCUT2D eigenvalue weighted by atomic mass is 32.1. The van der Waals surface area contributed by atoms with Gasteiger partial charge in [-0.3, -0.25) is 0 Å². The lowest BCUT2D eigenvalue weighted by Crippen LogP contribution is -2.03. The summed E-state index contributed by atoms with van der Waals surface area (Å²) >= 11 is 3.70. The SMILES string of the molecule is C=C(S)C(=O)OCCC. The zero-order chi connectivity index (χ0) is 7.28. The summed E-state index contributed by atoms with van der Waals surface area (Å²) in [5.41, 5.74) is 0. The molecule has 0 spiro atoms. The molecule has 0 aliphatic heterocycles. The lowest BCUT2D eigenvalue weighted by molar-refractivity contribution is -0.138. The second-order valence-electron chi connectivity index (χ2n) is 1.58. The van der Waals surface area contributed by atoms with Crippen LogP contribution in [0.25, 0.3) is 0 Å². The largest absolute Gasteiger partial charge is 0.462 e. The Morgan fingerprint density at radius 2 is 2.33 bits per heavy atom. The minimum absolute atomic E-state index is 0.156. The van der Waals surface area contributed by atoms with Gasteiger partial charge in [-0.1, -0.05) is 13.5 Å². The first-order valence-electron chi connectivity index (χ1n) is 2.73. The highest BCUT2D eigenvalue weighted by Gasteiger charge is 2.00. The number of carbonyl (C=O) groups is 1. The van der Waals surface area contributed by atoms with E-state index < -0.39 is 5.97 Å². The van der Waals surface area contributed by atoms with Crippen molar-refractivity contribution in [1.29, 1.82) is 0 Å². The van der Waals surface area contributed by atoms with Gasteiger partial charge in [0.05, 0.1) is 11.5 Å². The molecule has 52 valence electrons. The molecule has 0 N–H and O–H groups in total. The van der Waals surface area contributed by atoms with Crippen molar-refractivity contribution in [2.24, 2.45) is 0 Å². The van der Waals surface area contributed by atoms with Crippen LogP contribution in [0.3, 0.4) is 0 Å². The van der Waals surface area contributed by atoms with Gasteiger partial charge in [-0.2, -0.15) is 0 Å². The minimum atomic E-state index is -0.430. The van der Waals surface area contributed by atoms with Crippen molar-refractivity contribution < 1.29 is 9.53 Å². The van der Waals surface area contributed by atoms with E-state index >= 15 is 0 Å². The first kappa shape index (κ1) is 8.56. The van der Waals surface area contributed by atoms with Gasteiger partial charge in [0.2, 0.25) is 0 Å². The summed E-state index contributed by atoms with van der Waals surface area (Å²) in [7, 11) is 0. The van der Waals surface area contributed by atoms with E-state index in [9.17, 15) is 4.79 Å². The van der Waals surface area contributed by atoms with Crippen molar-refractivity contribution in [3.05, 3.63) is 11.5 Å². The Kier molecular flexibility index (Phi) is 4.22. The molecular weight excluding hydrogens is 136 g/mol. The van der Waals surface area contributed by atoms with E-state index in [1.54, 1.807) is 0 Å². The summed E-state index contributed by atoms with van der Waals surface area (Å²) in [6.07, 6.45) is 0.826. The molecule has 0 saturated heterocycles. The van der Waals surface area contributed by atoms with Gasteiger partial charge in [0.15, 0.2) is 0 Å². The van der Waals surface area contributed by atoms with Crippen LogP contribution in [0.2, 0.25) is 0 Å². The smallest absolute Gasteiger partial charge is 0.343 e. The predicted molar refractivity (Wildman–Crippen MR) is 39.4 cm³/mol. The molecule has 0 aromatic carbocycles. The average molecular weight is 146 g/mol. The maximum atomic E-state index is 10.5. The van der Waals surface area contributed by atoms with E-state index in [-0.39, 0.29) is 4.91 Å². The summed E-state index contributed by atoms with van der Waals surface area (Å²) in [4.78, 5) is 10.7. The zero-order valence-corrected chi connectivity index (χ0v) is 6.28. The van der Waals surface area contributed by atoms with Gasteiger partial charge < -0.3 is 4.74 Å². The highest BCUT2D eigenvalue weighted by Crippen LogP contribution is 1.98. The molecule has 0 heterocycles. The lowest BCUT2D eigenvalue weighted by Gasteiger charge is -1.98. The summed E-state index contributed by atoms with van der Waals surface area (Å²) in [6, 6.07) is 0. The van der Waals surface area contributed by atoms with Crippen LogP contribution in [-0.4, -0.2) is 12.6 Å². The van der Waals surface area contributed by atoms with Crippen molar-refractivity contribution in [2.45, 2.75) is 13.3 Å². The van der Waals surface area contributed by atoms with Crippen molar-refractivity contribution in [1.82, 2.24) is 0 Å². The van der Waals surface area contributed by atoms with Gasteiger partial charge in [0.25, 0.3) is 0 Å². The second kappa shape index (κ2) is 4.44. The fourth-order valence-corrected chi connectivity index (χ4v) is 0.343. The third-order valence-electron chi connectivity index (χ3n) is 0.673. The minimum Gasteiger partial charge on any atom is -0.462 e. The number of ether oxygens (including phenoxy) is 1.